The molecular formula is C16H18ClN3O3. The quantitative estimate of drug-likeness (QED) is 0.895. The number of aromatic nitrogens is 2. The lowest BCUT2D eigenvalue weighted by Gasteiger charge is -2.35. The predicted octanol–water partition coefficient (Wildman–Crippen LogP) is 1.95. The van der Waals surface area contributed by atoms with Crippen LogP contribution >= 0.6 is 11.6 Å². The van der Waals surface area contributed by atoms with Gasteiger partial charge in [-0.25, -0.2) is 0 Å². The van der Waals surface area contributed by atoms with E-state index in [0.717, 1.165) is 5.56 Å². The van der Waals surface area contributed by atoms with Gasteiger partial charge in [0.25, 0.3) is 5.91 Å². The second kappa shape index (κ2) is 7.12. The van der Waals surface area contributed by atoms with Gasteiger partial charge in [-0.15, -0.1) is 0 Å². The van der Waals surface area contributed by atoms with Crippen molar-refractivity contribution in [3.8, 4) is 11.3 Å². The number of halogens is 1. The molecule has 0 saturated carbocycles. The van der Waals surface area contributed by atoms with Crippen molar-refractivity contribution < 1.29 is 14.6 Å². The summed E-state index contributed by atoms with van der Waals surface area (Å²) < 4.78 is 5.39. The molecule has 7 heteroatoms. The van der Waals surface area contributed by atoms with Crippen molar-refractivity contribution in [3.05, 3.63) is 41.0 Å². The van der Waals surface area contributed by atoms with Gasteiger partial charge in [-0.2, -0.15) is 5.10 Å². The summed E-state index contributed by atoms with van der Waals surface area (Å²) in [5, 5.41) is 16.7. The molecule has 1 fully saturated rings. The van der Waals surface area contributed by atoms with E-state index in [9.17, 15) is 4.79 Å². The SMILES string of the molecule is O=C(c1cc(-c2ccccc2Cl)n[nH]1)N1CCOC[C@H]1CCO. The van der Waals surface area contributed by atoms with Crippen LogP contribution in [-0.2, 0) is 4.74 Å². The summed E-state index contributed by atoms with van der Waals surface area (Å²) in [6, 6.07) is 8.94. The minimum absolute atomic E-state index is 0.0195. The third-order valence-electron chi connectivity index (χ3n) is 3.91. The number of hydrogen-bond donors (Lipinski definition) is 2. The van der Waals surface area contributed by atoms with Gasteiger partial charge in [0, 0.05) is 18.7 Å². The van der Waals surface area contributed by atoms with Crippen LogP contribution in [0.25, 0.3) is 11.3 Å². The first-order chi connectivity index (χ1) is 11.2. The molecule has 0 bridgehead atoms. The minimum atomic E-state index is -0.141. The molecule has 1 atom stereocenters. The van der Waals surface area contributed by atoms with Crippen molar-refractivity contribution >= 4 is 17.5 Å². The molecule has 6 nitrogen and oxygen atoms in total. The Bertz CT molecular complexity index is 687. The molecule has 1 amide bonds. The number of aliphatic hydroxyl groups is 1. The maximum Gasteiger partial charge on any atom is 0.272 e. The molecule has 0 unspecified atom stereocenters. The maximum absolute atomic E-state index is 12.7. The number of nitrogens with one attached hydrogen (secondary N) is 1. The Morgan fingerprint density at radius 1 is 1.48 bits per heavy atom. The van der Waals surface area contributed by atoms with Crippen LogP contribution in [0.3, 0.4) is 0 Å². The summed E-state index contributed by atoms with van der Waals surface area (Å²) >= 11 is 6.17. The Kier molecular flexibility index (Phi) is 4.95. The van der Waals surface area contributed by atoms with Crippen molar-refractivity contribution in [3.63, 3.8) is 0 Å². The molecule has 0 aliphatic carbocycles. The number of morpholine rings is 1. The molecule has 2 aromatic rings. The Labute approximate surface area is 139 Å². The van der Waals surface area contributed by atoms with Crippen molar-refractivity contribution in [2.24, 2.45) is 0 Å². The van der Waals surface area contributed by atoms with Crippen molar-refractivity contribution in [1.29, 1.82) is 0 Å². The Hall–Kier alpha value is -1.89. The molecule has 2 N–H and O–H groups in total. The van der Waals surface area contributed by atoms with Crippen LogP contribution in [0.1, 0.15) is 16.9 Å². The van der Waals surface area contributed by atoms with Crippen molar-refractivity contribution in [2.45, 2.75) is 12.5 Å². The number of H-pyrrole nitrogens is 1. The maximum atomic E-state index is 12.7. The lowest BCUT2D eigenvalue weighted by molar-refractivity contribution is -0.00858. The first-order valence-corrected chi connectivity index (χ1v) is 7.88. The van der Waals surface area contributed by atoms with Gasteiger partial charge >= 0.3 is 0 Å². The van der Waals surface area contributed by atoms with E-state index >= 15 is 0 Å². The molecule has 1 aromatic carbocycles. The van der Waals surface area contributed by atoms with Crippen LogP contribution in [0.5, 0.6) is 0 Å². The standard InChI is InChI=1S/C16H18ClN3O3/c17-13-4-2-1-3-12(13)14-9-15(19-18-14)16(22)20-6-8-23-10-11(20)5-7-21/h1-4,9,11,21H,5-8,10H2,(H,18,19)/t11-/m1/s1. The second-order valence-electron chi connectivity index (χ2n) is 5.39. The molecule has 1 aliphatic heterocycles. The highest BCUT2D eigenvalue weighted by Gasteiger charge is 2.28. The monoisotopic (exact) mass is 335 g/mol. The van der Waals surface area contributed by atoms with E-state index < -0.39 is 0 Å². The Morgan fingerprint density at radius 2 is 2.30 bits per heavy atom. The number of aromatic amines is 1. The molecule has 1 saturated heterocycles. The smallest absolute Gasteiger partial charge is 0.272 e. The number of amides is 1. The lowest BCUT2D eigenvalue weighted by Crippen LogP contribution is -2.49. The number of ether oxygens (including phenoxy) is 1. The summed E-state index contributed by atoms with van der Waals surface area (Å²) in [5.41, 5.74) is 1.81. The van der Waals surface area contributed by atoms with Gasteiger partial charge in [0.1, 0.15) is 5.69 Å². The van der Waals surface area contributed by atoms with Gasteiger partial charge < -0.3 is 14.7 Å². The summed E-state index contributed by atoms with van der Waals surface area (Å²) in [4.78, 5) is 14.4. The van der Waals surface area contributed by atoms with Crippen molar-refractivity contribution in [2.75, 3.05) is 26.4 Å². The van der Waals surface area contributed by atoms with Crippen LogP contribution < -0.4 is 0 Å². The van der Waals surface area contributed by atoms with E-state index in [0.29, 0.717) is 42.6 Å². The summed E-state index contributed by atoms with van der Waals surface area (Å²) in [6.07, 6.45) is 0.497. The lowest BCUT2D eigenvalue weighted by atomic mass is 10.1. The van der Waals surface area contributed by atoms with Crippen LogP contribution in [-0.4, -0.2) is 58.5 Å². The summed E-state index contributed by atoms with van der Waals surface area (Å²) in [6.45, 7) is 1.46. The fourth-order valence-electron chi connectivity index (χ4n) is 2.70. The number of carbonyl (C=O) groups is 1. The van der Waals surface area contributed by atoms with Gasteiger partial charge in [-0.05, 0) is 18.6 Å². The van der Waals surface area contributed by atoms with Crippen LogP contribution in [0, 0.1) is 0 Å². The predicted molar refractivity (Wildman–Crippen MR) is 86.4 cm³/mol. The topological polar surface area (TPSA) is 78.5 Å². The molecule has 0 radical (unpaired) electrons. The third-order valence-corrected chi connectivity index (χ3v) is 4.24. The highest BCUT2D eigenvalue weighted by molar-refractivity contribution is 6.33. The van der Waals surface area contributed by atoms with E-state index in [-0.39, 0.29) is 18.6 Å². The van der Waals surface area contributed by atoms with Crippen molar-refractivity contribution in [1.82, 2.24) is 15.1 Å². The van der Waals surface area contributed by atoms with Crippen LogP contribution in [0.2, 0.25) is 5.02 Å². The van der Waals surface area contributed by atoms with Crippen LogP contribution in [0.4, 0.5) is 0 Å². The molecular weight excluding hydrogens is 318 g/mol. The van der Waals surface area contributed by atoms with E-state index in [1.807, 2.05) is 18.2 Å². The number of aliphatic hydroxyl groups excluding tert-OH is 1. The first-order valence-electron chi connectivity index (χ1n) is 7.50. The number of nitrogens with zero attached hydrogens (tertiary/aromatic N) is 2. The van der Waals surface area contributed by atoms with Crippen LogP contribution in [0.15, 0.2) is 30.3 Å². The Balaban J connectivity index is 1.82. The number of benzene rings is 1. The molecule has 1 aromatic heterocycles. The van der Waals surface area contributed by atoms with Gasteiger partial charge in [-0.3, -0.25) is 9.89 Å². The molecule has 122 valence electrons. The second-order valence-corrected chi connectivity index (χ2v) is 5.79. The molecule has 3 rings (SSSR count). The van der Waals surface area contributed by atoms with E-state index in [2.05, 4.69) is 10.2 Å². The molecule has 1 aliphatic rings. The molecule has 0 spiro atoms. The fourth-order valence-corrected chi connectivity index (χ4v) is 2.94. The number of hydrogen-bond acceptors (Lipinski definition) is 4. The summed E-state index contributed by atoms with van der Waals surface area (Å²) in [7, 11) is 0. The average molecular weight is 336 g/mol. The normalized spacial score (nSPS) is 18.2. The number of rotatable bonds is 4. The van der Waals surface area contributed by atoms with Gasteiger partial charge in [0.15, 0.2) is 0 Å². The zero-order valence-electron chi connectivity index (χ0n) is 12.5. The first kappa shape index (κ1) is 16.0. The highest BCUT2D eigenvalue weighted by atomic mass is 35.5. The average Bonchev–Trinajstić information content (AvgIpc) is 3.05. The van der Waals surface area contributed by atoms with Gasteiger partial charge in [0.2, 0.25) is 0 Å². The summed E-state index contributed by atoms with van der Waals surface area (Å²) in [5.74, 6) is -0.141. The molecule has 23 heavy (non-hydrogen) atoms. The Morgan fingerprint density at radius 3 is 3.09 bits per heavy atom. The third kappa shape index (κ3) is 3.39. The van der Waals surface area contributed by atoms with Gasteiger partial charge in [0.05, 0.1) is 30.0 Å². The zero-order chi connectivity index (χ0) is 16.2. The largest absolute Gasteiger partial charge is 0.396 e. The van der Waals surface area contributed by atoms with E-state index in [1.54, 1.807) is 17.0 Å². The highest BCUT2D eigenvalue weighted by Crippen LogP contribution is 2.26. The minimum Gasteiger partial charge on any atom is -0.396 e. The van der Waals surface area contributed by atoms with E-state index in [4.69, 9.17) is 21.4 Å². The zero-order valence-corrected chi connectivity index (χ0v) is 13.3. The van der Waals surface area contributed by atoms with E-state index in [1.165, 1.54) is 0 Å². The van der Waals surface area contributed by atoms with Gasteiger partial charge in [-0.1, -0.05) is 29.8 Å². The number of carbonyl (C=O) groups excluding carboxylic acids is 1. The molecule has 2 heterocycles. The fraction of sp³-hybridized carbons (Fsp3) is 0.375.